The molecule has 0 aliphatic heterocycles. The van der Waals surface area contributed by atoms with Gasteiger partial charge in [0.15, 0.2) is 0 Å². The zero-order chi connectivity index (χ0) is 18.3. The molecule has 0 radical (unpaired) electrons. The second-order valence-electron chi connectivity index (χ2n) is 5.29. The molecule has 9 heteroatoms. The predicted octanol–water partition coefficient (Wildman–Crippen LogP) is 1.56. The largest absolute Gasteiger partial charge is 0.352 e. The third kappa shape index (κ3) is 6.55. The van der Waals surface area contributed by atoms with Crippen LogP contribution in [-0.2, 0) is 21.4 Å². The van der Waals surface area contributed by atoms with Gasteiger partial charge in [-0.15, -0.1) is 11.3 Å². The Morgan fingerprint density at radius 1 is 1.08 bits per heavy atom. The molecule has 25 heavy (non-hydrogen) atoms. The van der Waals surface area contributed by atoms with Crippen molar-refractivity contribution in [1.29, 1.82) is 0 Å². The standard InChI is InChI=1S/C16H19N3O4S2/c1-25(22,23)19-13-6-3-2-5-12(13)11-18-15(20)8-9-17-16(21)14-7-4-10-24-14/h2-7,10,19H,8-9,11H2,1H3,(H,17,21)(H,18,20). The summed E-state index contributed by atoms with van der Waals surface area (Å²) in [4.78, 5) is 24.2. The normalized spacial score (nSPS) is 10.9. The van der Waals surface area contributed by atoms with Gasteiger partial charge in [0.2, 0.25) is 15.9 Å². The maximum atomic E-state index is 11.9. The van der Waals surface area contributed by atoms with Crippen molar-refractivity contribution in [3.05, 3.63) is 52.2 Å². The summed E-state index contributed by atoms with van der Waals surface area (Å²) in [5.41, 5.74) is 1.08. The molecule has 134 valence electrons. The molecule has 7 nitrogen and oxygen atoms in total. The molecular formula is C16H19N3O4S2. The Hall–Kier alpha value is -2.39. The summed E-state index contributed by atoms with van der Waals surface area (Å²) >= 11 is 1.33. The van der Waals surface area contributed by atoms with Crippen molar-refractivity contribution in [2.24, 2.45) is 0 Å². The van der Waals surface area contributed by atoms with Gasteiger partial charge in [0.25, 0.3) is 5.91 Å². The van der Waals surface area contributed by atoms with Crippen molar-refractivity contribution < 1.29 is 18.0 Å². The molecule has 2 amide bonds. The third-order valence-corrected chi connectivity index (χ3v) is 4.63. The molecule has 2 rings (SSSR count). The molecule has 0 atom stereocenters. The summed E-state index contributed by atoms with van der Waals surface area (Å²) in [7, 11) is -3.39. The molecule has 0 fully saturated rings. The van der Waals surface area contributed by atoms with Crippen molar-refractivity contribution in [3.63, 3.8) is 0 Å². The summed E-state index contributed by atoms with van der Waals surface area (Å²) < 4.78 is 25.1. The highest BCUT2D eigenvalue weighted by molar-refractivity contribution is 7.92. The number of rotatable bonds is 8. The van der Waals surface area contributed by atoms with Gasteiger partial charge in [-0.05, 0) is 23.1 Å². The van der Waals surface area contributed by atoms with Crippen molar-refractivity contribution in [3.8, 4) is 0 Å². The van der Waals surface area contributed by atoms with E-state index in [0.29, 0.717) is 16.1 Å². The van der Waals surface area contributed by atoms with Crippen LogP contribution < -0.4 is 15.4 Å². The highest BCUT2D eigenvalue weighted by atomic mass is 32.2. The smallest absolute Gasteiger partial charge is 0.261 e. The Labute approximate surface area is 150 Å². The minimum atomic E-state index is -3.39. The Morgan fingerprint density at radius 2 is 1.84 bits per heavy atom. The zero-order valence-corrected chi connectivity index (χ0v) is 15.2. The Morgan fingerprint density at radius 3 is 2.52 bits per heavy atom. The van der Waals surface area contributed by atoms with E-state index >= 15 is 0 Å². The fourth-order valence-corrected chi connectivity index (χ4v) is 3.28. The van der Waals surface area contributed by atoms with Crippen LogP contribution in [0.4, 0.5) is 5.69 Å². The van der Waals surface area contributed by atoms with Gasteiger partial charge in [0.1, 0.15) is 0 Å². The number of thiophene rings is 1. The molecular weight excluding hydrogens is 362 g/mol. The van der Waals surface area contributed by atoms with Crippen molar-refractivity contribution >= 4 is 38.9 Å². The molecule has 1 heterocycles. The van der Waals surface area contributed by atoms with Gasteiger partial charge < -0.3 is 10.6 Å². The lowest BCUT2D eigenvalue weighted by atomic mass is 10.2. The number of anilines is 1. The van der Waals surface area contributed by atoms with Gasteiger partial charge in [-0.3, -0.25) is 14.3 Å². The number of benzene rings is 1. The first-order valence-corrected chi connectivity index (χ1v) is 10.3. The molecule has 0 spiro atoms. The second kappa shape index (κ2) is 8.63. The second-order valence-corrected chi connectivity index (χ2v) is 7.99. The number of sulfonamides is 1. The van der Waals surface area contributed by atoms with E-state index in [2.05, 4.69) is 15.4 Å². The maximum Gasteiger partial charge on any atom is 0.261 e. The first kappa shape index (κ1) is 18.9. The van der Waals surface area contributed by atoms with Crippen LogP contribution in [0.3, 0.4) is 0 Å². The zero-order valence-electron chi connectivity index (χ0n) is 13.6. The van der Waals surface area contributed by atoms with Crippen molar-refractivity contribution in [1.82, 2.24) is 10.6 Å². The number of para-hydroxylation sites is 1. The van der Waals surface area contributed by atoms with Crippen LogP contribution in [0.15, 0.2) is 41.8 Å². The molecule has 0 bridgehead atoms. The van der Waals surface area contributed by atoms with Gasteiger partial charge in [0.05, 0.1) is 16.8 Å². The minimum Gasteiger partial charge on any atom is -0.352 e. The molecule has 0 saturated heterocycles. The molecule has 0 aliphatic carbocycles. The van der Waals surface area contributed by atoms with E-state index in [-0.39, 0.29) is 31.3 Å². The van der Waals surface area contributed by atoms with Gasteiger partial charge >= 0.3 is 0 Å². The predicted molar refractivity (Wildman–Crippen MR) is 98.0 cm³/mol. The van der Waals surface area contributed by atoms with Crippen LogP contribution in [0.2, 0.25) is 0 Å². The molecule has 1 aromatic carbocycles. The summed E-state index contributed by atoms with van der Waals surface area (Å²) in [5.74, 6) is -0.439. The molecule has 0 aliphatic rings. The van der Waals surface area contributed by atoms with Crippen LogP contribution in [0.25, 0.3) is 0 Å². The Bertz CT molecular complexity index is 833. The van der Waals surface area contributed by atoms with Crippen LogP contribution in [0.1, 0.15) is 21.7 Å². The average molecular weight is 381 g/mol. The third-order valence-electron chi connectivity index (χ3n) is 3.17. The topological polar surface area (TPSA) is 104 Å². The molecule has 2 aromatic rings. The van der Waals surface area contributed by atoms with E-state index in [4.69, 9.17) is 0 Å². The monoisotopic (exact) mass is 381 g/mol. The van der Waals surface area contributed by atoms with Crippen molar-refractivity contribution in [2.75, 3.05) is 17.5 Å². The lowest BCUT2D eigenvalue weighted by Crippen LogP contribution is -2.30. The first-order valence-electron chi connectivity index (χ1n) is 7.49. The summed E-state index contributed by atoms with van der Waals surface area (Å²) in [5, 5.41) is 7.20. The van der Waals surface area contributed by atoms with E-state index in [1.807, 2.05) is 5.38 Å². The van der Waals surface area contributed by atoms with Crippen molar-refractivity contribution in [2.45, 2.75) is 13.0 Å². The van der Waals surface area contributed by atoms with Gasteiger partial charge in [-0.2, -0.15) is 0 Å². The number of nitrogens with one attached hydrogen (secondary N) is 3. The summed E-state index contributed by atoms with van der Waals surface area (Å²) in [6.45, 7) is 0.419. The number of amides is 2. The Kier molecular flexibility index (Phi) is 6.54. The molecule has 1 aromatic heterocycles. The highest BCUT2D eigenvalue weighted by Gasteiger charge is 2.09. The number of carbonyl (C=O) groups excluding carboxylic acids is 2. The van der Waals surface area contributed by atoms with Crippen LogP contribution in [0.5, 0.6) is 0 Å². The number of hydrogen-bond donors (Lipinski definition) is 3. The van der Waals surface area contributed by atoms with E-state index < -0.39 is 10.0 Å². The fourth-order valence-electron chi connectivity index (χ4n) is 2.04. The van der Waals surface area contributed by atoms with Crippen LogP contribution in [-0.4, -0.2) is 33.0 Å². The lowest BCUT2D eigenvalue weighted by Gasteiger charge is -2.11. The summed E-state index contributed by atoms with van der Waals surface area (Å²) in [6.07, 6.45) is 1.21. The maximum absolute atomic E-state index is 11.9. The quantitative estimate of drug-likeness (QED) is 0.645. The van der Waals surface area contributed by atoms with E-state index in [0.717, 1.165) is 6.26 Å². The average Bonchev–Trinajstić information content (AvgIpc) is 3.07. The molecule has 0 saturated carbocycles. The van der Waals surface area contributed by atoms with Crippen LogP contribution in [0, 0.1) is 0 Å². The highest BCUT2D eigenvalue weighted by Crippen LogP contribution is 2.15. The molecule has 0 unspecified atom stereocenters. The molecule has 3 N–H and O–H groups in total. The SMILES string of the molecule is CS(=O)(=O)Nc1ccccc1CNC(=O)CCNC(=O)c1cccs1. The van der Waals surface area contributed by atoms with E-state index in [1.165, 1.54) is 11.3 Å². The minimum absolute atomic E-state index is 0.138. The van der Waals surface area contributed by atoms with Crippen LogP contribution >= 0.6 is 11.3 Å². The lowest BCUT2D eigenvalue weighted by molar-refractivity contribution is -0.121. The Balaban J connectivity index is 1.79. The van der Waals surface area contributed by atoms with E-state index in [9.17, 15) is 18.0 Å². The van der Waals surface area contributed by atoms with Gasteiger partial charge in [-0.1, -0.05) is 24.3 Å². The first-order chi connectivity index (χ1) is 11.8. The fraction of sp³-hybridized carbons (Fsp3) is 0.250. The van der Waals surface area contributed by atoms with Gasteiger partial charge in [-0.25, -0.2) is 8.42 Å². The van der Waals surface area contributed by atoms with E-state index in [1.54, 1.807) is 36.4 Å². The number of carbonyl (C=O) groups is 2. The summed E-state index contributed by atoms with van der Waals surface area (Å²) in [6, 6.07) is 10.3. The van der Waals surface area contributed by atoms with Gasteiger partial charge in [0, 0.05) is 19.5 Å². The number of hydrogen-bond acceptors (Lipinski definition) is 5.